The Bertz CT molecular complexity index is 2150. The Balaban J connectivity index is 1.13. The Kier molecular flexibility index (Phi) is 3.60. The van der Waals surface area contributed by atoms with Crippen molar-refractivity contribution in [3.63, 3.8) is 0 Å². The molecular weight excluding hydrogens is 550 g/mol. The molecule has 6 nitrogen and oxygen atoms in total. The molecule has 0 aromatic heterocycles. The van der Waals surface area contributed by atoms with Crippen molar-refractivity contribution >= 4 is 46.2 Å². The molecule has 12 rings (SSSR count). The SMILES string of the molecule is c1cc2c3c(c1)Oc1ccc(-c4ccc5c6c4Oc4cccc7c4B6c4c(cccc4O5)O7)c4c1B3c1c(cccc1O4)O2. The highest BCUT2D eigenvalue weighted by Crippen LogP contribution is 2.49. The predicted octanol–water partition coefficient (Wildman–Crippen LogP) is 5.02. The number of benzene rings is 6. The van der Waals surface area contributed by atoms with E-state index in [-0.39, 0.29) is 13.4 Å². The molecule has 0 saturated carbocycles. The zero-order chi connectivity index (χ0) is 28.3. The van der Waals surface area contributed by atoms with Gasteiger partial charge in [-0.05, 0) is 72.8 Å². The summed E-state index contributed by atoms with van der Waals surface area (Å²) in [5.41, 5.74) is 8.00. The molecule has 44 heavy (non-hydrogen) atoms. The summed E-state index contributed by atoms with van der Waals surface area (Å²) < 4.78 is 39.3. The van der Waals surface area contributed by atoms with Gasteiger partial charge in [0.05, 0.1) is 0 Å². The first-order chi connectivity index (χ1) is 21.8. The summed E-state index contributed by atoms with van der Waals surface area (Å²) in [6.45, 7) is -0.139. The minimum absolute atomic E-state index is 0.0694. The first kappa shape index (κ1) is 21.9. The Labute approximate surface area is 251 Å². The topological polar surface area (TPSA) is 55.4 Å². The van der Waals surface area contributed by atoms with E-state index >= 15 is 0 Å². The van der Waals surface area contributed by atoms with Gasteiger partial charge in [-0.2, -0.15) is 0 Å². The van der Waals surface area contributed by atoms with Crippen LogP contribution in [0.25, 0.3) is 11.1 Å². The van der Waals surface area contributed by atoms with E-state index in [4.69, 9.17) is 28.4 Å². The van der Waals surface area contributed by atoms with Gasteiger partial charge in [-0.3, -0.25) is 0 Å². The van der Waals surface area contributed by atoms with Gasteiger partial charge in [-0.1, -0.05) is 24.3 Å². The second kappa shape index (κ2) is 7.24. The van der Waals surface area contributed by atoms with Gasteiger partial charge in [0.1, 0.15) is 69.0 Å². The molecule has 6 aromatic carbocycles. The number of rotatable bonds is 1. The summed E-state index contributed by atoms with van der Waals surface area (Å²) in [5, 5.41) is 0. The lowest BCUT2D eigenvalue weighted by atomic mass is 9.33. The second-order valence-corrected chi connectivity index (χ2v) is 11.9. The number of hydrogen-bond donors (Lipinski definition) is 0. The molecular formula is C36H16B2O6. The van der Waals surface area contributed by atoms with E-state index in [0.29, 0.717) is 0 Å². The van der Waals surface area contributed by atoms with Crippen molar-refractivity contribution in [3.05, 3.63) is 97.1 Å². The predicted molar refractivity (Wildman–Crippen MR) is 167 cm³/mol. The first-order valence-electron chi connectivity index (χ1n) is 14.7. The van der Waals surface area contributed by atoms with Gasteiger partial charge in [0.2, 0.25) is 0 Å². The van der Waals surface area contributed by atoms with Crippen molar-refractivity contribution in [2.75, 3.05) is 0 Å². The van der Waals surface area contributed by atoms with Crippen molar-refractivity contribution in [2.24, 2.45) is 0 Å². The molecule has 6 aliphatic rings. The minimum atomic E-state index is -0.0694. The van der Waals surface area contributed by atoms with E-state index in [1.165, 1.54) is 0 Å². The molecule has 0 N–H and O–H groups in total. The molecule has 6 aromatic rings. The Morgan fingerprint density at radius 3 is 0.864 bits per heavy atom. The molecule has 0 saturated heterocycles. The molecule has 0 bridgehead atoms. The molecule has 0 atom stereocenters. The molecule has 6 aliphatic heterocycles. The lowest BCUT2D eigenvalue weighted by molar-refractivity contribution is 0.440. The fourth-order valence-electron chi connectivity index (χ4n) is 8.04. The summed E-state index contributed by atoms with van der Waals surface area (Å²) >= 11 is 0. The van der Waals surface area contributed by atoms with Gasteiger partial charge in [-0.15, -0.1) is 0 Å². The molecule has 0 aliphatic carbocycles. The quantitative estimate of drug-likeness (QED) is 0.261. The maximum absolute atomic E-state index is 6.81. The van der Waals surface area contributed by atoms with Gasteiger partial charge < -0.3 is 28.4 Å². The van der Waals surface area contributed by atoms with E-state index in [1.54, 1.807) is 0 Å². The molecule has 0 radical (unpaired) electrons. The van der Waals surface area contributed by atoms with Crippen LogP contribution >= 0.6 is 0 Å². The lowest BCUT2D eigenvalue weighted by Crippen LogP contribution is -2.60. The van der Waals surface area contributed by atoms with Crippen molar-refractivity contribution < 1.29 is 28.4 Å². The molecule has 0 fully saturated rings. The smallest absolute Gasteiger partial charge is 0.270 e. The highest BCUT2D eigenvalue weighted by molar-refractivity contribution is 7.00. The van der Waals surface area contributed by atoms with Crippen molar-refractivity contribution in [1.29, 1.82) is 0 Å². The van der Waals surface area contributed by atoms with Crippen LogP contribution in [0.3, 0.4) is 0 Å². The van der Waals surface area contributed by atoms with Crippen molar-refractivity contribution in [2.45, 2.75) is 0 Å². The van der Waals surface area contributed by atoms with Crippen LogP contribution in [0.2, 0.25) is 0 Å². The van der Waals surface area contributed by atoms with E-state index in [2.05, 4.69) is 24.3 Å². The van der Waals surface area contributed by atoms with Crippen LogP contribution in [0.15, 0.2) is 97.1 Å². The van der Waals surface area contributed by atoms with Crippen LogP contribution in [0.5, 0.6) is 69.0 Å². The van der Waals surface area contributed by atoms with Crippen LogP contribution < -0.4 is 61.2 Å². The Morgan fingerprint density at radius 1 is 0.273 bits per heavy atom. The van der Waals surface area contributed by atoms with Crippen LogP contribution in [0.4, 0.5) is 0 Å². The maximum Gasteiger partial charge on any atom is 0.270 e. The normalized spacial score (nSPS) is 14.9. The van der Waals surface area contributed by atoms with E-state index in [9.17, 15) is 0 Å². The highest BCUT2D eigenvalue weighted by atomic mass is 16.5. The third kappa shape index (κ3) is 2.43. The standard InChI is InChI=1S/C36H16B2O6/c1-5-19-29-21(7-1)41-27-15-13-17(35-33(27)37(29)31-23(39-19)9-3-11-25(31)43-35)18-14-16-28-34-36(18)44-26-12-4-10-24-32(26)38(34)30-20(40-24)6-2-8-22(30)42-28/h1-16H. The summed E-state index contributed by atoms with van der Waals surface area (Å²) in [4.78, 5) is 0. The zero-order valence-electron chi connectivity index (χ0n) is 22.8. The summed E-state index contributed by atoms with van der Waals surface area (Å²) in [5.74, 6) is 9.55. The van der Waals surface area contributed by atoms with E-state index < -0.39 is 0 Å². The van der Waals surface area contributed by atoms with Gasteiger partial charge in [-0.25, -0.2) is 0 Å². The van der Waals surface area contributed by atoms with Crippen LogP contribution in [-0.4, -0.2) is 13.4 Å². The Hall–Kier alpha value is -5.75. The van der Waals surface area contributed by atoms with Crippen LogP contribution in [0, 0.1) is 0 Å². The average Bonchev–Trinajstić information content (AvgIpc) is 3.05. The first-order valence-corrected chi connectivity index (χ1v) is 14.7. The highest BCUT2D eigenvalue weighted by Gasteiger charge is 2.49. The maximum atomic E-state index is 6.81. The summed E-state index contributed by atoms with van der Waals surface area (Å²) in [7, 11) is 0. The van der Waals surface area contributed by atoms with E-state index in [0.717, 1.165) is 113 Å². The fraction of sp³-hybridized carbons (Fsp3) is 0. The van der Waals surface area contributed by atoms with Gasteiger partial charge >= 0.3 is 0 Å². The van der Waals surface area contributed by atoms with Crippen LogP contribution in [0.1, 0.15) is 0 Å². The molecule has 6 heterocycles. The number of ether oxygens (including phenoxy) is 6. The van der Waals surface area contributed by atoms with Gasteiger partial charge in [0.25, 0.3) is 13.4 Å². The molecule has 8 heteroatoms. The molecule has 0 amide bonds. The molecule has 0 spiro atoms. The zero-order valence-corrected chi connectivity index (χ0v) is 22.8. The third-order valence-corrected chi connectivity index (χ3v) is 9.74. The summed E-state index contributed by atoms with van der Waals surface area (Å²) in [6.07, 6.45) is 0. The average molecular weight is 566 g/mol. The van der Waals surface area contributed by atoms with E-state index in [1.807, 2.05) is 72.8 Å². The molecule has 0 unspecified atom stereocenters. The second-order valence-electron chi connectivity index (χ2n) is 11.9. The summed E-state index contributed by atoms with van der Waals surface area (Å²) in [6, 6.07) is 32.3. The third-order valence-electron chi connectivity index (χ3n) is 9.74. The molecule has 202 valence electrons. The van der Waals surface area contributed by atoms with Crippen molar-refractivity contribution in [1.82, 2.24) is 0 Å². The van der Waals surface area contributed by atoms with Gasteiger partial charge in [0.15, 0.2) is 0 Å². The monoisotopic (exact) mass is 566 g/mol. The van der Waals surface area contributed by atoms with Gasteiger partial charge in [0, 0.05) is 43.9 Å². The fourth-order valence-corrected chi connectivity index (χ4v) is 8.04. The van der Waals surface area contributed by atoms with Crippen molar-refractivity contribution in [3.8, 4) is 80.1 Å². The lowest BCUT2D eigenvalue weighted by Gasteiger charge is -2.39. The minimum Gasteiger partial charge on any atom is -0.458 e. The number of hydrogen-bond acceptors (Lipinski definition) is 6. The van der Waals surface area contributed by atoms with Crippen LogP contribution in [-0.2, 0) is 0 Å². The Morgan fingerprint density at radius 2 is 0.545 bits per heavy atom. The largest absolute Gasteiger partial charge is 0.458 e.